The maximum atomic E-state index is 11.9. The van der Waals surface area contributed by atoms with Crippen LogP contribution in [-0.2, 0) is 16.1 Å². The lowest BCUT2D eigenvalue weighted by Gasteiger charge is -2.18. The van der Waals surface area contributed by atoms with E-state index < -0.39 is 11.9 Å². The summed E-state index contributed by atoms with van der Waals surface area (Å²) in [5.74, 6) is -0.472. The van der Waals surface area contributed by atoms with Crippen molar-refractivity contribution >= 4 is 27.8 Å². The van der Waals surface area contributed by atoms with E-state index in [-0.39, 0.29) is 18.9 Å². The van der Waals surface area contributed by atoms with Gasteiger partial charge in [0.2, 0.25) is 5.91 Å². The Hall–Kier alpha value is -1.76. The Bertz CT molecular complexity index is 604. The molecule has 1 fully saturated rings. The average molecular weight is 386 g/mol. The van der Waals surface area contributed by atoms with Gasteiger partial charge in [-0.3, -0.25) is 9.59 Å². The van der Waals surface area contributed by atoms with Crippen molar-refractivity contribution in [2.75, 3.05) is 20.3 Å². The van der Waals surface area contributed by atoms with E-state index in [1.807, 2.05) is 19.1 Å². The van der Waals surface area contributed by atoms with Crippen molar-refractivity contribution in [3.63, 3.8) is 0 Å². The minimum Gasteiger partial charge on any atom is -0.493 e. The fourth-order valence-corrected chi connectivity index (χ4v) is 3.12. The number of benzene rings is 1. The SMILES string of the molecule is CCCOc1c(Br)cc(CN2C[C@@H](C(=O)O)CC2=O)cc1OC. The normalized spacial score (nSPS) is 17.4. The van der Waals surface area contributed by atoms with Gasteiger partial charge in [-0.15, -0.1) is 0 Å². The molecule has 0 radical (unpaired) electrons. The Morgan fingerprint density at radius 2 is 2.22 bits per heavy atom. The Labute approximate surface area is 143 Å². The van der Waals surface area contributed by atoms with Crippen molar-refractivity contribution in [3.05, 3.63) is 22.2 Å². The number of amides is 1. The zero-order valence-electron chi connectivity index (χ0n) is 13.2. The maximum Gasteiger partial charge on any atom is 0.308 e. The number of carboxylic acid groups (broad SMARTS) is 1. The molecule has 0 bridgehead atoms. The van der Waals surface area contributed by atoms with E-state index in [0.717, 1.165) is 16.5 Å². The first-order valence-corrected chi connectivity index (χ1v) is 8.25. The van der Waals surface area contributed by atoms with Crippen molar-refractivity contribution in [3.8, 4) is 11.5 Å². The van der Waals surface area contributed by atoms with Crippen molar-refractivity contribution in [1.29, 1.82) is 0 Å². The second-order valence-corrected chi connectivity index (χ2v) is 6.33. The molecule has 1 aromatic carbocycles. The highest BCUT2D eigenvalue weighted by Crippen LogP contribution is 2.37. The summed E-state index contributed by atoms with van der Waals surface area (Å²) >= 11 is 3.47. The first kappa shape index (κ1) is 17.6. The van der Waals surface area contributed by atoms with Crippen LogP contribution in [0.3, 0.4) is 0 Å². The van der Waals surface area contributed by atoms with E-state index in [4.69, 9.17) is 14.6 Å². The molecule has 1 amide bonds. The van der Waals surface area contributed by atoms with Crippen LogP contribution in [0.15, 0.2) is 16.6 Å². The van der Waals surface area contributed by atoms with Crippen LogP contribution in [0.5, 0.6) is 11.5 Å². The number of nitrogens with zero attached hydrogens (tertiary/aromatic N) is 1. The summed E-state index contributed by atoms with van der Waals surface area (Å²) in [5, 5.41) is 9.04. The highest BCUT2D eigenvalue weighted by Gasteiger charge is 2.34. The summed E-state index contributed by atoms with van der Waals surface area (Å²) < 4.78 is 11.8. The molecular weight excluding hydrogens is 366 g/mol. The Kier molecular flexibility index (Phi) is 5.87. The topological polar surface area (TPSA) is 76.1 Å². The predicted molar refractivity (Wildman–Crippen MR) is 87.6 cm³/mol. The first-order chi connectivity index (χ1) is 11.0. The van der Waals surface area contributed by atoms with E-state index in [9.17, 15) is 9.59 Å². The van der Waals surface area contributed by atoms with E-state index >= 15 is 0 Å². The molecular formula is C16H20BrNO5. The number of carboxylic acids is 1. The van der Waals surface area contributed by atoms with Gasteiger partial charge in [-0.25, -0.2) is 0 Å². The number of carbonyl (C=O) groups is 2. The summed E-state index contributed by atoms with van der Waals surface area (Å²) in [6.45, 7) is 3.19. The molecule has 1 aromatic rings. The maximum absolute atomic E-state index is 11.9. The van der Waals surface area contributed by atoms with Gasteiger partial charge in [-0.05, 0) is 40.0 Å². The lowest BCUT2D eigenvalue weighted by Crippen LogP contribution is -2.25. The van der Waals surface area contributed by atoms with Gasteiger partial charge < -0.3 is 19.5 Å². The van der Waals surface area contributed by atoms with Crippen LogP contribution in [0.1, 0.15) is 25.3 Å². The second-order valence-electron chi connectivity index (χ2n) is 5.47. The van der Waals surface area contributed by atoms with Crippen molar-refractivity contribution in [2.45, 2.75) is 26.3 Å². The predicted octanol–water partition coefficient (Wildman–Crippen LogP) is 2.68. The quantitative estimate of drug-likeness (QED) is 0.780. The number of carbonyl (C=O) groups excluding carboxylic acids is 1. The van der Waals surface area contributed by atoms with E-state index in [1.54, 1.807) is 12.0 Å². The largest absolute Gasteiger partial charge is 0.493 e. The van der Waals surface area contributed by atoms with Crippen LogP contribution >= 0.6 is 15.9 Å². The lowest BCUT2D eigenvalue weighted by atomic mass is 10.1. The fourth-order valence-electron chi connectivity index (χ4n) is 2.52. The highest BCUT2D eigenvalue weighted by atomic mass is 79.9. The first-order valence-electron chi connectivity index (χ1n) is 7.46. The number of methoxy groups -OCH3 is 1. The smallest absolute Gasteiger partial charge is 0.308 e. The third kappa shape index (κ3) is 4.16. The van der Waals surface area contributed by atoms with Gasteiger partial charge in [0.05, 0.1) is 24.1 Å². The number of ether oxygens (including phenoxy) is 2. The summed E-state index contributed by atoms with van der Waals surface area (Å²) in [6, 6.07) is 3.69. The number of halogens is 1. The standard InChI is InChI=1S/C16H20BrNO5/c1-3-4-23-15-12(17)5-10(6-13(15)22-2)8-18-9-11(16(20)21)7-14(18)19/h5-6,11H,3-4,7-9H2,1-2H3,(H,20,21)/t11-/m0/s1. The number of likely N-dealkylation sites (tertiary alicyclic amines) is 1. The van der Waals surface area contributed by atoms with Gasteiger partial charge in [0.15, 0.2) is 11.5 Å². The van der Waals surface area contributed by atoms with Gasteiger partial charge in [0.25, 0.3) is 0 Å². The van der Waals surface area contributed by atoms with Gasteiger partial charge in [0, 0.05) is 19.5 Å². The second kappa shape index (κ2) is 7.68. The number of aliphatic carboxylic acids is 1. The Morgan fingerprint density at radius 3 is 2.78 bits per heavy atom. The fraction of sp³-hybridized carbons (Fsp3) is 0.500. The third-order valence-corrected chi connectivity index (χ3v) is 4.27. The van der Waals surface area contributed by atoms with E-state index in [0.29, 0.717) is 24.7 Å². The molecule has 0 spiro atoms. The van der Waals surface area contributed by atoms with Gasteiger partial charge >= 0.3 is 5.97 Å². The summed E-state index contributed by atoms with van der Waals surface area (Å²) in [7, 11) is 1.56. The highest BCUT2D eigenvalue weighted by molar-refractivity contribution is 9.10. The van der Waals surface area contributed by atoms with E-state index in [2.05, 4.69) is 15.9 Å². The van der Waals surface area contributed by atoms with Crippen molar-refractivity contribution in [1.82, 2.24) is 4.90 Å². The zero-order chi connectivity index (χ0) is 17.0. The number of hydrogen-bond donors (Lipinski definition) is 1. The van der Waals surface area contributed by atoms with Crippen molar-refractivity contribution in [2.24, 2.45) is 5.92 Å². The molecule has 1 aliphatic rings. The van der Waals surface area contributed by atoms with Gasteiger partial charge in [-0.2, -0.15) is 0 Å². The molecule has 1 saturated heterocycles. The zero-order valence-corrected chi connectivity index (χ0v) is 14.8. The molecule has 1 aliphatic heterocycles. The molecule has 0 aliphatic carbocycles. The number of hydrogen-bond acceptors (Lipinski definition) is 4. The summed E-state index contributed by atoms with van der Waals surface area (Å²) in [5.41, 5.74) is 0.858. The molecule has 1 heterocycles. The minimum atomic E-state index is -0.928. The molecule has 126 valence electrons. The van der Waals surface area contributed by atoms with Crippen LogP contribution in [0.25, 0.3) is 0 Å². The molecule has 1 atom stereocenters. The van der Waals surface area contributed by atoms with Crippen LogP contribution < -0.4 is 9.47 Å². The van der Waals surface area contributed by atoms with E-state index in [1.165, 1.54) is 0 Å². The van der Waals surface area contributed by atoms with Crippen LogP contribution in [0.2, 0.25) is 0 Å². The molecule has 2 rings (SSSR count). The molecule has 1 N–H and O–H groups in total. The number of rotatable bonds is 7. The monoisotopic (exact) mass is 385 g/mol. The average Bonchev–Trinajstić information content (AvgIpc) is 2.87. The molecule has 0 aromatic heterocycles. The molecule has 23 heavy (non-hydrogen) atoms. The molecule has 6 nitrogen and oxygen atoms in total. The summed E-state index contributed by atoms with van der Waals surface area (Å²) in [6.07, 6.45) is 0.946. The Balaban J connectivity index is 2.16. The minimum absolute atomic E-state index is 0.0608. The van der Waals surface area contributed by atoms with Gasteiger partial charge in [-0.1, -0.05) is 6.92 Å². The summed E-state index contributed by atoms with van der Waals surface area (Å²) in [4.78, 5) is 24.5. The van der Waals surface area contributed by atoms with Crippen LogP contribution in [-0.4, -0.2) is 42.1 Å². The van der Waals surface area contributed by atoms with Crippen molar-refractivity contribution < 1.29 is 24.2 Å². The molecule has 0 unspecified atom stereocenters. The lowest BCUT2D eigenvalue weighted by molar-refractivity contribution is -0.141. The third-order valence-electron chi connectivity index (χ3n) is 3.68. The van der Waals surface area contributed by atoms with Gasteiger partial charge in [0.1, 0.15) is 0 Å². The van der Waals surface area contributed by atoms with Crippen LogP contribution in [0, 0.1) is 5.92 Å². The Morgan fingerprint density at radius 1 is 1.48 bits per heavy atom. The molecule has 0 saturated carbocycles. The molecule has 7 heteroatoms. The van der Waals surface area contributed by atoms with Crippen LogP contribution in [0.4, 0.5) is 0 Å².